The molecule has 0 saturated heterocycles. The van der Waals surface area contributed by atoms with E-state index in [1.807, 2.05) is 12.1 Å². The molecule has 0 radical (unpaired) electrons. The molecule has 0 fully saturated rings. The summed E-state index contributed by atoms with van der Waals surface area (Å²) < 4.78 is 33.0. The first kappa shape index (κ1) is 19.5. The Kier molecular flexibility index (Phi) is 6.35. The van der Waals surface area contributed by atoms with Crippen LogP contribution in [-0.2, 0) is 25.9 Å². The topological polar surface area (TPSA) is 98.8 Å². The summed E-state index contributed by atoms with van der Waals surface area (Å²) in [6, 6.07) is 12.6. The van der Waals surface area contributed by atoms with Gasteiger partial charge in [0.1, 0.15) is 5.75 Å². The third-order valence-electron chi connectivity index (χ3n) is 3.48. The van der Waals surface area contributed by atoms with Crippen LogP contribution in [0.25, 0.3) is 0 Å². The lowest BCUT2D eigenvalue weighted by atomic mass is 10.2. The number of sulfone groups is 1. The van der Waals surface area contributed by atoms with E-state index in [2.05, 4.69) is 5.32 Å². The number of ether oxygens (including phenoxy) is 2. The lowest BCUT2D eigenvalue weighted by Crippen LogP contribution is -2.28. The van der Waals surface area contributed by atoms with E-state index in [1.54, 1.807) is 19.2 Å². The van der Waals surface area contributed by atoms with Crippen molar-refractivity contribution in [1.82, 2.24) is 5.32 Å². The van der Waals surface area contributed by atoms with Crippen LogP contribution in [0.1, 0.15) is 15.9 Å². The molecule has 0 saturated carbocycles. The summed E-state index contributed by atoms with van der Waals surface area (Å²) in [6.45, 7) is -0.179. The molecule has 0 aliphatic rings. The number of methoxy groups -OCH3 is 1. The van der Waals surface area contributed by atoms with Crippen molar-refractivity contribution in [3.8, 4) is 5.75 Å². The Morgan fingerprint density at radius 3 is 2.38 bits per heavy atom. The molecule has 0 atom stereocenters. The van der Waals surface area contributed by atoms with E-state index in [1.165, 1.54) is 24.3 Å². The lowest BCUT2D eigenvalue weighted by Gasteiger charge is -2.08. The van der Waals surface area contributed by atoms with E-state index < -0.39 is 28.3 Å². The molecule has 0 aliphatic heterocycles. The summed E-state index contributed by atoms with van der Waals surface area (Å²) in [7, 11) is -1.86. The van der Waals surface area contributed by atoms with Crippen molar-refractivity contribution in [2.75, 3.05) is 20.0 Å². The van der Waals surface area contributed by atoms with Gasteiger partial charge in [0.2, 0.25) is 0 Å². The average molecular weight is 377 g/mol. The summed E-state index contributed by atoms with van der Waals surface area (Å²) in [5.74, 6) is -0.520. The molecule has 2 rings (SSSR count). The molecule has 0 bridgehead atoms. The molecular weight excluding hydrogens is 358 g/mol. The standard InChI is InChI=1S/C18H19NO6S/c1-24-15-8-6-13(7-9-15)11-19-17(20)12-25-18(21)14-4-3-5-16(10-14)26(2,22)23/h3-10H,11-12H2,1-2H3,(H,19,20). The summed E-state index contributed by atoms with van der Waals surface area (Å²) >= 11 is 0. The van der Waals surface area contributed by atoms with Crippen LogP contribution in [0.2, 0.25) is 0 Å². The Hall–Kier alpha value is -2.87. The second kappa shape index (κ2) is 8.48. The molecule has 8 heteroatoms. The fourth-order valence-corrected chi connectivity index (χ4v) is 2.73. The van der Waals surface area contributed by atoms with E-state index >= 15 is 0 Å². The molecule has 138 valence electrons. The monoisotopic (exact) mass is 377 g/mol. The summed E-state index contributed by atoms with van der Waals surface area (Å²) in [4.78, 5) is 23.8. The number of carbonyl (C=O) groups excluding carboxylic acids is 2. The average Bonchev–Trinajstić information content (AvgIpc) is 2.64. The van der Waals surface area contributed by atoms with Crippen molar-refractivity contribution >= 4 is 21.7 Å². The minimum atomic E-state index is -3.43. The minimum absolute atomic E-state index is 0.0101. The van der Waals surface area contributed by atoms with Gasteiger partial charge in [-0.2, -0.15) is 0 Å². The van der Waals surface area contributed by atoms with Gasteiger partial charge in [0.05, 0.1) is 17.6 Å². The molecule has 0 unspecified atom stereocenters. The smallest absolute Gasteiger partial charge is 0.338 e. The van der Waals surface area contributed by atoms with Crippen molar-refractivity contribution in [1.29, 1.82) is 0 Å². The Morgan fingerprint density at radius 1 is 1.08 bits per heavy atom. The van der Waals surface area contributed by atoms with E-state index in [9.17, 15) is 18.0 Å². The third kappa shape index (κ3) is 5.59. The van der Waals surface area contributed by atoms with Crippen molar-refractivity contribution in [2.45, 2.75) is 11.4 Å². The second-order valence-electron chi connectivity index (χ2n) is 5.50. The molecule has 0 aliphatic carbocycles. The van der Waals surface area contributed by atoms with Gasteiger partial charge in [0.15, 0.2) is 16.4 Å². The summed E-state index contributed by atoms with van der Waals surface area (Å²) in [6.07, 6.45) is 1.05. The first-order chi connectivity index (χ1) is 12.3. The number of nitrogens with one attached hydrogen (secondary N) is 1. The molecule has 7 nitrogen and oxygen atoms in total. The maximum absolute atomic E-state index is 12.0. The Balaban J connectivity index is 1.85. The van der Waals surface area contributed by atoms with Crippen molar-refractivity contribution in [3.63, 3.8) is 0 Å². The highest BCUT2D eigenvalue weighted by atomic mass is 32.2. The van der Waals surface area contributed by atoms with Crippen molar-refractivity contribution in [3.05, 3.63) is 59.7 Å². The van der Waals surface area contributed by atoms with Crippen LogP contribution in [0.4, 0.5) is 0 Å². The molecule has 2 aromatic carbocycles. The van der Waals surface area contributed by atoms with Crippen LogP contribution in [0.3, 0.4) is 0 Å². The van der Waals surface area contributed by atoms with E-state index in [0.717, 1.165) is 11.8 Å². The maximum Gasteiger partial charge on any atom is 0.338 e. The van der Waals surface area contributed by atoms with Gasteiger partial charge in [-0.25, -0.2) is 13.2 Å². The van der Waals surface area contributed by atoms with Gasteiger partial charge in [-0.1, -0.05) is 18.2 Å². The van der Waals surface area contributed by atoms with Crippen molar-refractivity contribution < 1.29 is 27.5 Å². The van der Waals surface area contributed by atoms with Crippen LogP contribution in [-0.4, -0.2) is 40.3 Å². The third-order valence-corrected chi connectivity index (χ3v) is 4.59. The first-order valence-corrected chi connectivity index (χ1v) is 9.55. The quantitative estimate of drug-likeness (QED) is 0.736. The van der Waals surface area contributed by atoms with Gasteiger partial charge in [-0.3, -0.25) is 4.79 Å². The number of esters is 1. The molecule has 0 spiro atoms. The maximum atomic E-state index is 12.0. The number of amides is 1. The Bertz CT molecular complexity index is 890. The Morgan fingerprint density at radius 2 is 1.77 bits per heavy atom. The molecule has 0 heterocycles. The fourth-order valence-electron chi connectivity index (χ4n) is 2.06. The molecule has 26 heavy (non-hydrogen) atoms. The molecule has 2 aromatic rings. The predicted molar refractivity (Wildman–Crippen MR) is 94.7 cm³/mol. The second-order valence-corrected chi connectivity index (χ2v) is 7.52. The van der Waals surface area contributed by atoms with Gasteiger partial charge in [-0.15, -0.1) is 0 Å². The number of hydrogen-bond donors (Lipinski definition) is 1. The molecular formula is C18H19NO6S. The van der Waals surface area contributed by atoms with Crippen molar-refractivity contribution in [2.24, 2.45) is 0 Å². The van der Waals surface area contributed by atoms with Gasteiger partial charge < -0.3 is 14.8 Å². The zero-order valence-corrected chi connectivity index (χ0v) is 15.2. The number of hydrogen-bond acceptors (Lipinski definition) is 6. The van der Waals surface area contributed by atoms with Crippen LogP contribution < -0.4 is 10.1 Å². The zero-order chi connectivity index (χ0) is 19.2. The normalized spacial score (nSPS) is 10.8. The fraction of sp³-hybridized carbons (Fsp3) is 0.222. The van der Waals surface area contributed by atoms with Crippen LogP contribution in [0, 0.1) is 0 Å². The van der Waals surface area contributed by atoms with E-state index in [-0.39, 0.29) is 17.0 Å². The zero-order valence-electron chi connectivity index (χ0n) is 14.4. The molecule has 1 N–H and O–H groups in total. The number of carbonyl (C=O) groups is 2. The van der Waals surface area contributed by atoms with E-state index in [4.69, 9.17) is 9.47 Å². The van der Waals surface area contributed by atoms with Gasteiger partial charge >= 0.3 is 5.97 Å². The van der Waals surface area contributed by atoms with Crippen LogP contribution in [0.15, 0.2) is 53.4 Å². The first-order valence-electron chi connectivity index (χ1n) is 7.66. The Labute approximate surface area is 151 Å². The van der Waals surface area contributed by atoms with Gasteiger partial charge in [0.25, 0.3) is 5.91 Å². The molecule has 0 aromatic heterocycles. The van der Waals surface area contributed by atoms with E-state index in [0.29, 0.717) is 5.75 Å². The highest BCUT2D eigenvalue weighted by molar-refractivity contribution is 7.90. The SMILES string of the molecule is COc1ccc(CNC(=O)COC(=O)c2cccc(S(C)(=O)=O)c2)cc1. The van der Waals surface area contributed by atoms with Crippen LogP contribution in [0.5, 0.6) is 5.75 Å². The highest BCUT2D eigenvalue weighted by Gasteiger charge is 2.14. The van der Waals surface area contributed by atoms with Gasteiger partial charge in [-0.05, 0) is 35.9 Å². The predicted octanol–water partition coefficient (Wildman–Crippen LogP) is 1.57. The van der Waals surface area contributed by atoms with Crippen LogP contribution >= 0.6 is 0 Å². The highest BCUT2D eigenvalue weighted by Crippen LogP contribution is 2.12. The van der Waals surface area contributed by atoms with Gasteiger partial charge in [0, 0.05) is 12.8 Å². The number of rotatable bonds is 7. The molecule has 1 amide bonds. The lowest BCUT2D eigenvalue weighted by molar-refractivity contribution is -0.124. The summed E-state index contributed by atoms with van der Waals surface area (Å²) in [5, 5.41) is 2.63. The largest absolute Gasteiger partial charge is 0.497 e. The summed E-state index contributed by atoms with van der Waals surface area (Å²) in [5.41, 5.74) is 0.933. The number of benzene rings is 2. The minimum Gasteiger partial charge on any atom is -0.497 e.